The Bertz CT molecular complexity index is 1410. The summed E-state index contributed by atoms with van der Waals surface area (Å²) in [5.41, 5.74) is 2.14. The van der Waals surface area contributed by atoms with Crippen LogP contribution in [0.2, 0.25) is 0 Å². The molecule has 1 unspecified atom stereocenters. The van der Waals surface area contributed by atoms with Gasteiger partial charge < -0.3 is 14.2 Å². The van der Waals surface area contributed by atoms with Crippen molar-refractivity contribution >= 4 is 19.7 Å². The van der Waals surface area contributed by atoms with E-state index >= 15 is 0 Å². The van der Waals surface area contributed by atoms with Crippen molar-refractivity contribution in [1.29, 1.82) is 0 Å². The van der Waals surface area contributed by atoms with Gasteiger partial charge in [-0.3, -0.25) is 0 Å². The Balaban J connectivity index is 0.00000116. The third-order valence-electron chi connectivity index (χ3n) is 6.13. The summed E-state index contributed by atoms with van der Waals surface area (Å²) in [6, 6.07) is 28.8. The van der Waals surface area contributed by atoms with Gasteiger partial charge in [0.15, 0.2) is 0 Å². The van der Waals surface area contributed by atoms with Gasteiger partial charge in [0.05, 0.1) is 24.0 Å². The third-order valence-corrected chi connectivity index (χ3v) is 7.91. The summed E-state index contributed by atoms with van der Waals surface area (Å²) in [6.45, 7) is 12.8. The van der Waals surface area contributed by atoms with Crippen LogP contribution in [0.4, 0.5) is 0 Å². The molecule has 0 aliphatic rings. The van der Waals surface area contributed by atoms with Gasteiger partial charge in [-0.15, -0.1) is 0 Å². The van der Waals surface area contributed by atoms with Gasteiger partial charge in [0, 0.05) is 5.41 Å². The van der Waals surface area contributed by atoms with E-state index in [1.807, 2.05) is 36.4 Å². The minimum atomic E-state index is -3.63. The summed E-state index contributed by atoms with van der Waals surface area (Å²) in [4.78, 5) is 0.411. The van der Waals surface area contributed by atoms with Crippen LogP contribution in [0.3, 0.4) is 0 Å². The average molecular weight is 611 g/mol. The fourth-order valence-corrected chi connectivity index (χ4v) is 5.09. The lowest BCUT2D eigenvalue weighted by molar-refractivity contribution is 0.414. The molecule has 0 aliphatic carbocycles. The highest BCUT2D eigenvalue weighted by molar-refractivity contribution is 7.91. The maximum atomic E-state index is 12.9. The highest BCUT2D eigenvalue weighted by atomic mass is 32.2. The monoisotopic (exact) mass is 610 g/mol. The summed E-state index contributed by atoms with van der Waals surface area (Å²) in [5, 5.41) is 0. The Hall–Kier alpha value is -3.34. The van der Waals surface area contributed by atoms with Gasteiger partial charge in [0.25, 0.3) is 0 Å². The van der Waals surface area contributed by atoms with Gasteiger partial charge >= 0.3 is 0 Å². The molecule has 4 rings (SSSR count). The second-order valence-corrected chi connectivity index (χ2v) is 12.0. The first kappa shape index (κ1) is 36.7. The third kappa shape index (κ3) is 9.89. The van der Waals surface area contributed by atoms with Crippen LogP contribution in [0.5, 0.6) is 23.0 Å². The molecule has 4 aromatic rings. The summed E-state index contributed by atoms with van der Waals surface area (Å²) in [6.07, 6.45) is 2.50. The number of methoxy groups -OCH3 is 2. The fourth-order valence-electron chi connectivity index (χ4n) is 3.83. The van der Waals surface area contributed by atoms with E-state index in [-0.39, 0.29) is 25.1 Å². The normalized spacial score (nSPS) is 10.6. The highest BCUT2D eigenvalue weighted by Gasteiger charge is 2.23. The molecule has 0 saturated carbocycles. The molecular weight excluding hydrogens is 563 g/mol. The van der Waals surface area contributed by atoms with Gasteiger partial charge in [-0.2, -0.15) is 9.90 Å². The van der Waals surface area contributed by atoms with Crippen molar-refractivity contribution in [2.75, 3.05) is 14.2 Å². The Morgan fingerprint density at radius 1 is 0.524 bits per heavy atom. The maximum absolute atomic E-state index is 12.9. The van der Waals surface area contributed by atoms with Gasteiger partial charge in [-0.1, -0.05) is 78.6 Å². The summed E-state index contributed by atoms with van der Waals surface area (Å²) in [5.74, 6) is 2.66. The Labute approximate surface area is 256 Å². The van der Waals surface area contributed by atoms with Crippen LogP contribution >= 0.6 is 9.90 Å². The lowest BCUT2D eigenvalue weighted by Gasteiger charge is -2.26. The maximum Gasteiger partial charge on any atom is 0.206 e. The predicted molar refractivity (Wildman–Crippen MR) is 180 cm³/mol. The second-order valence-electron chi connectivity index (χ2n) is 10.0. The number of hydrogen-bond acceptors (Lipinski definition) is 5. The average Bonchev–Trinajstić information content (AvgIpc) is 2.98. The SMILES string of the molecule is CCC.CCC.COc1ccc(C(C)(C)c2ccc(Oc3ccc(S(=O)(=O)c4ccc(OC)cc4)cc3)cc2)cc1.P. The standard InChI is InChI=1S/C29H28O5S.2C3H8.H3P/c1-29(2,21-5-9-23(32-3)10-6-21)22-7-11-25(12-8-22)34-26-15-19-28(20-16-26)35(30,31)27-17-13-24(33-4)14-18-27;2*1-3-2;/h5-20H,1-4H3;2*3H2,1-2H3;1H3. The summed E-state index contributed by atoms with van der Waals surface area (Å²) in [7, 11) is -0.427. The van der Waals surface area contributed by atoms with Crippen molar-refractivity contribution in [2.24, 2.45) is 0 Å². The van der Waals surface area contributed by atoms with Crippen LogP contribution in [0.15, 0.2) is 107 Å². The van der Waals surface area contributed by atoms with Crippen molar-refractivity contribution in [3.8, 4) is 23.0 Å². The van der Waals surface area contributed by atoms with E-state index in [1.165, 1.54) is 37.6 Å². The Kier molecular flexibility index (Phi) is 15.4. The van der Waals surface area contributed by atoms with Crippen LogP contribution in [0.1, 0.15) is 65.5 Å². The van der Waals surface area contributed by atoms with Gasteiger partial charge in [-0.25, -0.2) is 8.42 Å². The molecule has 0 amide bonds. The molecule has 228 valence electrons. The Morgan fingerprint density at radius 2 is 0.786 bits per heavy atom. The van der Waals surface area contributed by atoms with Crippen molar-refractivity contribution in [2.45, 2.75) is 69.6 Å². The molecule has 0 aliphatic heterocycles. The van der Waals surface area contributed by atoms with Gasteiger partial charge in [0.1, 0.15) is 23.0 Å². The quantitative estimate of drug-likeness (QED) is 0.186. The number of sulfone groups is 1. The zero-order valence-corrected chi connectivity index (χ0v) is 28.5. The van der Waals surface area contributed by atoms with E-state index in [9.17, 15) is 8.42 Å². The highest BCUT2D eigenvalue weighted by Crippen LogP contribution is 2.34. The molecule has 0 fully saturated rings. The summed E-state index contributed by atoms with van der Waals surface area (Å²) >= 11 is 0. The topological polar surface area (TPSA) is 61.8 Å². The minimum absolute atomic E-state index is 0. The molecule has 1 atom stereocenters. The lowest BCUT2D eigenvalue weighted by atomic mass is 9.78. The van der Waals surface area contributed by atoms with E-state index in [4.69, 9.17) is 14.2 Å². The first-order valence-corrected chi connectivity index (χ1v) is 15.5. The summed E-state index contributed by atoms with van der Waals surface area (Å²) < 4.78 is 42.1. The number of ether oxygens (including phenoxy) is 3. The molecule has 0 N–H and O–H groups in total. The van der Waals surface area contributed by atoms with E-state index in [1.54, 1.807) is 43.5 Å². The van der Waals surface area contributed by atoms with Crippen molar-refractivity contribution < 1.29 is 22.6 Å². The molecule has 0 heterocycles. The molecule has 0 bridgehead atoms. The van der Waals surface area contributed by atoms with Crippen LogP contribution in [0.25, 0.3) is 0 Å². The number of hydrogen-bond donors (Lipinski definition) is 0. The molecule has 7 heteroatoms. The predicted octanol–water partition coefficient (Wildman–Crippen LogP) is 9.55. The minimum Gasteiger partial charge on any atom is -0.497 e. The van der Waals surface area contributed by atoms with Crippen molar-refractivity contribution in [1.82, 2.24) is 0 Å². The van der Waals surface area contributed by atoms with Crippen LogP contribution in [0, 0.1) is 0 Å². The number of benzene rings is 4. The van der Waals surface area contributed by atoms with E-state index in [0.29, 0.717) is 17.2 Å². The van der Waals surface area contributed by atoms with E-state index < -0.39 is 9.84 Å². The second kappa shape index (κ2) is 17.6. The molecule has 0 radical (unpaired) electrons. The molecule has 0 aromatic heterocycles. The molecule has 5 nitrogen and oxygen atoms in total. The molecule has 42 heavy (non-hydrogen) atoms. The molecule has 0 spiro atoms. The van der Waals surface area contributed by atoms with Crippen molar-refractivity contribution in [3.63, 3.8) is 0 Å². The molecular formula is C35H47O5PS. The van der Waals surface area contributed by atoms with Crippen molar-refractivity contribution in [3.05, 3.63) is 108 Å². The van der Waals surface area contributed by atoms with E-state index in [0.717, 1.165) is 11.3 Å². The van der Waals surface area contributed by atoms with Crippen LogP contribution < -0.4 is 14.2 Å². The smallest absolute Gasteiger partial charge is 0.206 e. The van der Waals surface area contributed by atoms with Gasteiger partial charge in [-0.05, 0) is 83.9 Å². The van der Waals surface area contributed by atoms with E-state index in [2.05, 4.69) is 53.7 Å². The lowest BCUT2D eigenvalue weighted by Crippen LogP contribution is -2.18. The van der Waals surface area contributed by atoms with Crippen LogP contribution in [-0.2, 0) is 15.3 Å². The molecule has 0 saturated heterocycles. The number of rotatable bonds is 8. The first-order chi connectivity index (χ1) is 19.6. The molecule has 4 aromatic carbocycles. The zero-order valence-electron chi connectivity index (χ0n) is 26.3. The fraction of sp³-hybridized carbons (Fsp3) is 0.314. The van der Waals surface area contributed by atoms with Gasteiger partial charge in [0.2, 0.25) is 9.84 Å². The Morgan fingerprint density at radius 3 is 1.10 bits per heavy atom. The first-order valence-electron chi connectivity index (χ1n) is 14.0. The zero-order chi connectivity index (χ0) is 30.5. The largest absolute Gasteiger partial charge is 0.497 e. The van der Waals surface area contributed by atoms with Crippen LogP contribution in [-0.4, -0.2) is 22.6 Å².